The third-order valence-electron chi connectivity index (χ3n) is 3.83. The van der Waals surface area contributed by atoms with Crippen molar-refractivity contribution in [3.05, 3.63) is 11.3 Å². The zero-order valence-electron chi connectivity index (χ0n) is 11.9. The highest BCUT2D eigenvalue weighted by Gasteiger charge is 2.33. The summed E-state index contributed by atoms with van der Waals surface area (Å²) in [5.74, 6) is 0. The van der Waals surface area contributed by atoms with Crippen LogP contribution in [0.25, 0.3) is 0 Å². The fourth-order valence-electron chi connectivity index (χ4n) is 2.14. The lowest BCUT2D eigenvalue weighted by atomic mass is 9.91. The van der Waals surface area contributed by atoms with Gasteiger partial charge >= 0.3 is 0 Å². The predicted octanol–water partition coefficient (Wildman–Crippen LogP) is 1.46. The van der Waals surface area contributed by atoms with Crippen molar-refractivity contribution in [2.45, 2.75) is 64.1 Å². The molecule has 0 spiro atoms. The molecule has 0 saturated carbocycles. The summed E-state index contributed by atoms with van der Waals surface area (Å²) in [5.41, 5.74) is 0.431. The van der Waals surface area contributed by atoms with Crippen LogP contribution in [0, 0.1) is 6.92 Å². The Balaban J connectivity index is 3.17. The molecule has 0 radical (unpaired) electrons. The van der Waals surface area contributed by atoms with Crippen molar-refractivity contribution in [1.82, 2.24) is 14.9 Å². The molecule has 7 heteroatoms. The minimum Gasteiger partial charge on any atom is -0.392 e. The number of aliphatic hydroxyl groups excluding tert-OH is 1. The van der Waals surface area contributed by atoms with E-state index in [0.29, 0.717) is 30.5 Å². The minimum atomic E-state index is -3.73. The van der Waals surface area contributed by atoms with Crippen molar-refractivity contribution in [3.63, 3.8) is 0 Å². The predicted molar refractivity (Wildman–Crippen MR) is 73.2 cm³/mol. The number of H-pyrrole nitrogens is 1. The van der Waals surface area contributed by atoms with Gasteiger partial charge in [-0.15, -0.1) is 0 Å². The largest absolute Gasteiger partial charge is 0.392 e. The number of aromatic nitrogens is 2. The van der Waals surface area contributed by atoms with Gasteiger partial charge in [0.05, 0.1) is 6.61 Å². The van der Waals surface area contributed by atoms with Crippen molar-refractivity contribution < 1.29 is 13.5 Å². The number of hydrogen-bond donors (Lipinski definition) is 3. The summed E-state index contributed by atoms with van der Waals surface area (Å²) in [4.78, 5) is 0. The molecule has 0 aliphatic carbocycles. The Morgan fingerprint density at radius 2 is 1.79 bits per heavy atom. The van der Waals surface area contributed by atoms with Gasteiger partial charge in [-0.3, -0.25) is 5.10 Å². The summed E-state index contributed by atoms with van der Waals surface area (Å²) in [6.45, 7) is 7.20. The number of nitrogens with zero attached hydrogens (tertiary/aromatic N) is 1. The Morgan fingerprint density at radius 1 is 1.26 bits per heavy atom. The Labute approximate surface area is 114 Å². The van der Waals surface area contributed by atoms with Crippen LogP contribution in [0.3, 0.4) is 0 Å². The highest BCUT2D eigenvalue weighted by Crippen LogP contribution is 2.24. The first-order valence-corrected chi connectivity index (χ1v) is 8.02. The molecule has 1 heterocycles. The molecular weight excluding hydrogens is 266 g/mol. The molecule has 110 valence electrons. The van der Waals surface area contributed by atoms with Crippen LogP contribution < -0.4 is 4.72 Å². The minimum absolute atomic E-state index is 0.104. The summed E-state index contributed by atoms with van der Waals surface area (Å²) in [5, 5.41) is 15.6. The van der Waals surface area contributed by atoms with E-state index < -0.39 is 15.6 Å². The molecule has 19 heavy (non-hydrogen) atoms. The second kappa shape index (κ2) is 6.02. The van der Waals surface area contributed by atoms with Crippen molar-refractivity contribution in [1.29, 1.82) is 0 Å². The summed E-state index contributed by atoms with van der Waals surface area (Å²) >= 11 is 0. The monoisotopic (exact) mass is 289 g/mol. The van der Waals surface area contributed by atoms with Gasteiger partial charge in [0.15, 0.2) is 5.03 Å². The SMILES string of the molecule is CCC(CC)(CC)NS(=O)(=O)c1n[nH]c(C)c1CO. The average molecular weight is 289 g/mol. The van der Waals surface area contributed by atoms with Crippen molar-refractivity contribution >= 4 is 10.0 Å². The zero-order valence-corrected chi connectivity index (χ0v) is 12.8. The Kier molecular flexibility index (Phi) is 5.11. The van der Waals surface area contributed by atoms with E-state index in [2.05, 4.69) is 14.9 Å². The first-order chi connectivity index (χ1) is 8.85. The average Bonchev–Trinajstić information content (AvgIpc) is 2.78. The summed E-state index contributed by atoms with van der Waals surface area (Å²) < 4.78 is 27.6. The van der Waals surface area contributed by atoms with Crippen LogP contribution in [0.2, 0.25) is 0 Å². The van der Waals surface area contributed by atoms with E-state index in [4.69, 9.17) is 0 Å². The van der Waals surface area contributed by atoms with Crippen LogP contribution >= 0.6 is 0 Å². The van der Waals surface area contributed by atoms with Gasteiger partial charge in [-0.05, 0) is 26.2 Å². The van der Waals surface area contributed by atoms with E-state index >= 15 is 0 Å². The highest BCUT2D eigenvalue weighted by atomic mass is 32.2. The van der Waals surface area contributed by atoms with Gasteiger partial charge in [0, 0.05) is 16.8 Å². The van der Waals surface area contributed by atoms with E-state index in [1.54, 1.807) is 6.92 Å². The summed E-state index contributed by atoms with van der Waals surface area (Å²) in [7, 11) is -3.73. The molecule has 6 nitrogen and oxygen atoms in total. The Morgan fingerprint density at radius 3 is 2.21 bits per heavy atom. The normalized spacial score (nSPS) is 12.9. The number of sulfonamides is 1. The second-order valence-electron chi connectivity index (χ2n) is 4.74. The third kappa shape index (κ3) is 3.16. The first-order valence-electron chi connectivity index (χ1n) is 6.54. The Bertz CT molecular complexity index is 510. The number of aryl methyl sites for hydroxylation is 1. The number of aromatic amines is 1. The molecule has 0 aliphatic heterocycles. The number of aliphatic hydroxyl groups is 1. The second-order valence-corrected chi connectivity index (χ2v) is 6.33. The Hall–Kier alpha value is -0.920. The maximum absolute atomic E-state index is 12.4. The van der Waals surface area contributed by atoms with E-state index in [9.17, 15) is 13.5 Å². The van der Waals surface area contributed by atoms with E-state index in [0.717, 1.165) is 0 Å². The summed E-state index contributed by atoms with van der Waals surface area (Å²) in [6, 6.07) is 0. The van der Waals surface area contributed by atoms with Crippen molar-refractivity contribution in [2.75, 3.05) is 0 Å². The van der Waals surface area contributed by atoms with Gasteiger partial charge in [-0.25, -0.2) is 13.1 Å². The molecule has 0 unspecified atom stereocenters. The van der Waals surface area contributed by atoms with Crippen LogP contribution in [-0.4, -0.2) is 29.3 Å². The highest BCUT2D eigenvalue weighted by molar-refractivity contribution is 7.89. The van der Waals surface area contributed by atoms with Crippen molar-refractivity contribution in [3.8, 4) is 0 Å². The lowest BCUT2D eigenvalue weighted by molar-refractivity contribution is 0.277. The van der Waals surface area contributed by atoms with E-state index in [1.807, 2.05) is 20.8 Å². The fourth-order valence-corrected chi connectivity index (χ4v) is 3.95. The van der Waals surface area contributed by atoms with Crippen LogP contribution in [-0.2, 0) is 16.6 Å². The molecule has 1 aromatic heterocycles. The quantitative estimate of drug-likeness (QED) is 0.708. The van der Waals surface area contributed by atoms with Gasteiger partial charge in [-0.2, -0.15) is 5.10 Å². The zero-order chi connectivity index (χ0) is 14.7. The lowest BCUT2D eigenvalue weighted by Crippen LogP contribution is -2.47. The van der Waals surface area contributed by atoms with Gasteiger partial charge in [-0.1, -0.05) is 20.8 Å². The number of hydrogen-bond acceptors (Lipinski definition) is 4. The topological polar surface area (TPSA) is 95.1 Å². The molecular formula is C12H23N3O3S. The van der Waals surface area contributed by atoms with Crippen LogP contribution in [0.15, 0.2) is 5.03 Å². The molecule has 0 bridgehead atoms. The van der Waals surface area contributed by atoms with Gasteiger partial charge < -0.3 is 5.11 Å². The van der Waals surface area contributed by atoms with Crippen LogP contribution in [0.4, 0.5) is 0 Å². The maximum atomic E-state index is 12.4. The molecule has 0 saturated heterocycles. The molecule has 0 fully saturated rings. The third-order valence-corrected chi connectivity index (χ3v) is 5.38. The molecule has 0 amide bonds. The maximum Gasteiger partial charge on any atom is 0.260 e. The van der Waals surface area contributed by atoms with E-state index in [-0.39, 0.29) is 11.6 Å². The van der Waals surface area contributed by atoms with E-state index in [1.165, 1.54) is 0 Å². The van der Waals surface area contributed by atoms with Crippen LogP contribution in [0.5, 0.6) is 0 Å². The molecule has 0 aliphatic rings. The number of nitrogens with one attached hydrogen (secondary N) is 2. The van der Waals surface area contributed by atoms with Crippen LogP contribution in [0.1, 0.15) is 51.3 Å². The molecule has 1 rings (SSSR count). The molecule has 1 aromatic rings. The standard InChI is InChI=1S/C12H23N3O3S/c1-5-12(6-2,7-3)15-19(17,18)11-10(8-16)9(4)13-14-11/h15-16H,5-8H2,1-4H3,(H,13,14). The van der Waals surface area contributed by atoms with Gasteiger partial charge in [0.1, 0.15) is 0 Å². The van der Waals surface area contributed by atoms with Gasteiger partial charge in [0.2, 0.25) is 0 Å². The first kappa shape index (κ1) is 16.1. The van der Waals surface area contributed by atoms with Crippen molar-refractivity contribution in [2.24, 2.45) is 0 Å². The van der Waals surface area contributed by atoms with Gasteiger partial charge in [0.25, 0.3) is 10.0 Å². The lowest BCUT2D eigenvalue weighted by Gasteiger charge is -2.31. The number of rotatable bonds is 7. The summed E-state index contributed by atoms with van der Waals surface area (Å²) in [6.07, 6.45) is 2.12. The molecule has 3 N–H and O–H groups in total. The fraction of sp³-hybridized carbons (Fsp3) is 0.750. The molecule has 0 atom stereocenters. The molecule has 0 aromatic carbocycles. The smallest absolute Gasteiger partial charge is 0.260 e.